The molecule has 1 aliphatic heterocycles. The topological polar surface area (TPSA) is 32.5 Å². The maximum atomic E-state index is 5.80. The predicted molar refractivity (Wildman–Crippen MR) is 76.2 cm³/mol. The van der Waals surface area contributed by atoms with Gasteiger partial charge in [0.15, 0.2) is 0 Å². The van der Waals surface area contributed by atoms with Crippen LogP contribution < -0.4 is 5.73 Å². The number of nitrogens with two attached hydrogens (primary N) is 1. The molecule has 0 spiro atoms. The molecule has 18 heavy (non-hydrogen) atoms. The lowest BCUT2D eigenvalue weighted by Crippen LogP contribution is -2.34. The van der Waals surface area contributed by atoms with Crippen LogP contribution in [0.5, 0.6) is 0 Å². The van der Waals surface area contributed by atoms with Crippen LogP contribution >= 0.6 is 0 Å². The van der Waals surface area contributed by atoms with Crippen molar-refractivity contribution in [3.63, 3.8) is 0 Å². The molecule has 1 fully saturated rings. The Balaban J connectivity index is 2.03. The Morgan fingerprint density at radius 1 is 1.22 bits per heavy atom. The van der Waals surface area contributed by atoms with E-state index in [9.17, 15) is 0 Å². The number of likely N-dealkylation sites (tertiary alicyclic amines) is 1. The maximum absolute atomic E-state index is 5.80. The van der Waals surface area contributed by atoms with E-state index in [0.29, 0.717) is 12.6 Å². The number of rotatable bonds is 4. The predicted octanol–water partition coefficient (Wildman–Crippen LogP) is 1.53. The normalized spacial score (nSPS) is 24.9. The van der Waals surface area contributed by atoms with E-state index < -0.39 is 0 Å². The van der Waals surface area contributed by atoms with Crippen LogP contribution in [0.25, 0.3) is 0 Å². The summed E-state index contributed by atoms with van der Waals surface area (Å²) >= 11 is 0. The Morgan fingerprint density at radius 2 is 1.89 bits per heavy atom. The summed E-state index contributed by atoms with van der Waals surface area (Å²) in [6, 6.07) is 9.20. The highest BCUT2D eigenvalue weighted by molar-refractivity contribution is 5.26. The third-order valence-electron chi connectivity index (χ3n) is 4.04. The van der Waals surface area contributed by atoms with E-state index in [4.69, 9.17) is 5.73 Å². The van der Waals surface area contributed by atoms with Gasteiger partial charge < -0.3 is 10.6 Å². The van der Waals surface area contributed by atoms with Crippen LogP contribution in [0.1, 0.15) is 18.1 Å². The minimum atomic E-state index is 0.636. The fourth-order valence-electron chi connectivity index (χ4n) is 3.00. The first-order chi connectivity index (χ1) is 8.61. The van der Waals surface area contributed by atoms with Crippen LogP contribution in [0.3, 0.4) is 0 Å². The SMILES string of the molecule is CC1CN(Cc2ccccc2CN)CC1N(C)C. The fraction of sp³-hybridized carbons (Fsp3) is 0.600. The quantitative estimate of drug-likeness (QED) is 0.876. The van der Waals surface area contributed by atoms with Gasteiger partial charge in [-0.25, -0.2) is 0 Å². The van der Waals surface area contributed by atoms with Gasteiger partial charge in [-0.05, 0) is 31.1 Å². The molecule has 2 N–H and O–H groups in total. The van der Waals surface area contributed by atoms with Crippen molar-refractivity contribution in [2.45, 2.75) is 26.1 Å². The summed E-state index contributed by atoms with van der Waals surface area (Å²) in [4.78, 5) is 4.89. The molecule has 3 heteroatoms. The molecule has 1 saturated heterocycles. The first-order valence-corrected chi connectivity index (χ1v) is 6.77. The van der Waals surface area contributed by atoms with Crippen molar-refractivity contribution in [3.8, 4) is 0 Å². The van der Waals surface area contributed by atoms with Gasteiger partial charge in [0, 0.05) is 32.2 Å². The number of nitrogens with zero attached hydrogens (tertiary/aromatic N) is 2. The molecule has 1 aromatic rings. The zero-order valence-corrected chi connectivity index (χ0v) is 11.8. The van der Waals surface area contributed by atoms with Crippen molar-refractivity contribution in [2.75, 3.05) is 27.2 Å². The van der Waals surface area contributed by atoms with Crippen LogP contribution in [0.2, 0.25) is 0 Å². The van der Waals surface area contributed by atoms with Crippen LogP contribution in [0.4, 0.5) is 0 Å². The standard InChI is InChI=1S/C15H25N3/c1-12-9-18(11-15(12)17(2)3)10-14-7-5-4-6-13(14)8-16/h4-7,12,15H,8-11,16H2,1-3H3. The molecule has 1 aromatic carbocycles. The highest BCUT2D eigenvalue weighted by Gasteiger charge is 2.30. The maximum Gasteiger partial charge on any atom is 0.0254 e. The summed E-state index contributed by atoms with van der Waals surface area (Å²) < 4.78 is 0. The van der Waals surface area contributed by atoms with Gasteiger partial charge in [0.1, 0.15) is 0 Å². The number of likely N-dealkylation sites (N-methyl/N-ethyl adjacent to an activating group) is 1. The lowest BCUT2D eigenvalue weighted by atomic mass is 10.1. The lowest BCUT2D eigenvalue weighted by Gasteiger charge is -2.23. The largest absolute Gasteiger partial charge is 0.326 e. The van der Waals surface area contributed by atoms with Gasteiger partial charge in [-0.3, -0.25) is 4.90 Å². The van der Waals surface area contributed by atoms with Gasteiger partial charge in [-0.15, -0.1) is 0 Å². The van der Waals surface area contributed by atoms with Crippen molar-refractivity contribution < 1.29 is 0 Å². The van der Waals surface area contributed by atoms with Crippen LogP contribution in [0, 0.1) is 5.92 Å². The summed E-state index contributed by atoms with van der Waals surface area (Å²) in [7, 11) is 4.36. The molecule has 3 nitrogen and oxygen atoms in total. The second-order valence-electron chi connectivity index (χ2n) is 5.68. The molecular weight excluding hydrogens is 222 g/mol. The molecular formula is C15H25N3. The Bertz CT molecular complexity index is 389. The van der Waals surface area contributed by atoms with Gasteiger partial charge in [0.2, 0.25) is 0 Å². The van der Waals surface area contributed by atoms with E-state index >= 15 is 0 Å². The zero-order chi connectivity index (χ0) is 13.1. The average molecular weight is 247 g/mol. The third-order valence-corrected chi connectivity index (χ3v) is 4.04. The summed E-state index contributed by atoms with van der Waals surface area (Å²) in [6.07, 6.45) is 0. The molecule has 2 rings (SSSR count). The molecule has 2 atom stereocenters. The Morgan fingerprint density at radius 3 is 2.44 bits per heavy atom. The molecule has 100 valence electrons. The minimum absolute atomic E-state index is 0.636. The van der Waals surface area contributed by atoms with Crippen molar-refractivity contribution in [1.82, 2.24) is 9.80 Å². The van der Waals surface area contributed by atoms with Crippen molar-refractivity contribution in [2.24, 2.45) is 11.7 Å². The molecule has 1 aliphatic rings. The van der Waals surface area contributed by atoms with Gasteiger partial charge in [-0.1, -0.05) is 31.2 Å². The first-order valence-electron chi connectivity index (χ1n) is 6.77. The van der Waals surface area contributed by atoms with Crippen molar-refractivity contribution in [3.05, 3.63) is 35.4 Å². The van der Waals surface area contributed by atoms with Crippen molar-refractivity contribution >= 4 is 0 Å². The summed E-state index contributed by atoms with van der Waals surface area (Å²) in [5.41, 5.74) is 8.46. The average Bonchev–Trinajstić information content (AvgIpc) is 2.71. The van der Waals surface area contributed by atoms with E-state index in [-0.39, 0.29) is 0 Å². The van der Waals surface area contributed by atoms with E-state index in [1.54, 1.807) is 0 Å². The second-order valence-corrected chi connectivity index (χ2v) is 5.68. The van der Waals surface area contributed by atoms with Gasteiger partial charge in [0.05, 0.1) is 0 Å². The Labute approximate surface area is 111 Å². The van der Waals surface area contributed by atoms with Crippen LogP contribution in [0.15, 0.2) is 24.3 Å². The molecule has 2 unspecified atom stereocenters. The molecule has 0 bridgehead atoms. The number of benzene rings is 1. The molecule has 0 aromatic heterocycles. The third kappa shape index (κ3) is 2.91. The first kappa shape index (κ1) is 13.5. The summed E-state index contributed by atoms with van der Waals surface area (Å²) in [6.45, 7) is 6.35. The molecule has 1 heterocycles. The lowest BCUT2D eigenvalue weighted by molar-refractivity contribution is 0.250. The molecule has 0 amide bonds. The van der Waals surface area contributed by atoms with E-state index in [1.165, 1.54) is 17.7 Å². The second kappa shape index (κ2) is 5.83. The molecule has 0 radical (unpaired) electrons. The smallest absolute Gasteiger partial charge is 0.0254 e. The summed E-state index contributed by atoms with van der Waals surface area (Å²) in [5, 5.41) is 0. The molecule has 0 saturated carbocycles. The highest BCUT2D eigenvalue weighted by Crippen LogP contribution is 2.22. The monoisotopic (exact) mass is 247 g/mol. The number of hydrogen-bond donors (Lipinski definition) is 1. The minimum Gasteiger partial charge on any atom is -0.326 e. The van der Waals surface area contributed by atoms with Crippen LogP contribution in [-0.4, -0.2) is 43.0 Å². The highest BCUT2D eigenvalue weighted by atomic mass is 15.2. The van der Waals surface area contributed by atoms with Crippen molar-refractivity contribution in [1.29, 1.82) is 0 Å². The van der Waals surface area contributed by atoms with Gasteiger partial charge in [0.25, 0.3) is 0 Å². The zero-order valence-electron chi connectivity index (χ0n) is 11.8. The van der Waals surface area contributed by atoms with Gasteiger partial charge >= 0.3 is 0 Å². The Kier molecular flexibility index (Phi) is 4.38. The van der Waals surface area contributed by atoms with E-state index in [0.717, 1.165) is 19.0 Å². The fourth-order valence-corrected chi connectivity index (χ4v) is 3.00. The molecule has 0 aliphatic carbocycles. The van der Waals surface area contributed by atoms with E-state index in [1.807, 2.05) is 0 Å². The van der Waals surface area contributed by atoms with Gasteiger partial charge in [-0.2, -0.15) is 0 Å². The van der Waals surface area contributed by atoms with Crippen LogP contribution in [-0.2, 0) is 13.1 Å². The Hall–Kier alpha value is -0.900. The van der Waals surface area contributed by atoms with E-state index in [2.05, 4.69) is 55.1 Å². The number of hydrogen-bond acceptors (Lipinski definition) is 3. The summed E-state index contributed by atoms with van der Waals surface area (Å²) in [5.74, 6) is 0.741.